The monoisotopic (exact) mass is 328 g/mol. The molecule has 1 unspecified atom stereocenters. The highest BCUT2D eigenvalue weighted by Gasteiger charge is 2.16. The Morgan fingerprint density at radius 2 is 1.71 bits per heavy atom. The van der Waals surface area contributed by atoms with Gasteiger partial charge < -0.3 is 10.2 Å². The maximum atomic E-state index is 13.0. The minimum atomic E-state index is -0.331. The second kappa shape index (κ2) is 8.24. The molecule has 4 nitrogen and oxygen atoms in total. The molecule has 2 rings (SSSR count). The zero-order chi connectivity index (χ0) is 17.5. The molecule has 0 aliphatic carbocycles. The smallest absolute Gasteiger partial charge is 0.240 e. The first kappa shape index (κ1) is 17.7. The van der Waals surface area contributed by atoms with Crippen molar-refractivity contribution >= 4 is 11.8 Å². The molecule has 1 N–H and O–H groups in total. The van der Waals surface area contributed by atoms with E-state index in [4.69, 9.17) is 0 Å². The van der Waals surface area contributed by atoms with Crippen molar-refractivity contribution in [2.75, 3.05) is 6.54 Å². The molecule has 0 saturated heterocycles. The summed E-state index contributed by atoms with van der Waals surface area (Å²) < 4.78 is 13.0. The quantitative estimate of drug-likeness (QED) is 0.886. The number of benzene rings is 2. The Labute approximate surface area is 141 Å². The van der Waals surface area contributed by atoms with E-state index in [0.29, 0.717) is 0 Å². The van der Waals surface area contributed by atoms with Gasteiger partial charge in [-0.25, -0.2) is 4.39 Å². The molecule has 0 aliphatic heterocycles. The molecule has 0 radical (unpaired) electrons. The van der Waals surface area contributed by atoms with Crippen LogP contribution in [0.4, 0.5) is 4.39 Å². The number of rotatable bonds is 6. The molecular formula is C19H21FN2O2. The normalized spacial score (nSPS) is 11.6. The zero-order valence-corrected chi connectivity index (χ0v) is 13.8. The summed E-state index contributed by atoms with van der Waals surface area (Å²) >= 11 is 0. The van der Waals surface area contributed by atoms with Crippen LogP contribution in [0.5, 0.6) is 0 Å². The van der Waals surface area contributed by atoms with Gasteiger partial charge in [-0.2, -0.15) is 0 Å². The van der Waals surface area contributed by atoms with Gasteiger partial charge in [0.1, 0.15) is 5.82 Å². The number of hydrogen-bond donors (Lipinski definition) is 1. The van der Waals surface area contributed by atoms with Crippen molar-refractivity contribution in [1.82, 2.24) is 10.2 Å². The van der Waals surface area contributed by atoms with Crippen molar-refractivity contribution in [3.63, 3.8) is 0 Å². The van der Waals surface area contributed by atoms with Crippen molar-refractivity contribution in [2.24, 2.45) is 0 Å². The van der Waals surface area contributed by atoms with E-state index in [1.807, 2.05) is 37.3 Å². The van der Waals surface area contributed by atoms with Crippen LogP contribution < -0.4 is 5.32 Å². The molecule has 2 amide bonds. The first-order valence-electron chi connectivity index (χ1n) is 7.80. The maximum absolute atomic E-state index is 13.0. The van der Waals surface area contributed by atoms with Crippen molar-refractivity contribution in [3.8, 4) is 0 Å². The minimum Gasteiger partial charge on any atom is -0.348 e. The molecule has 0 aliphatic rings. The number of carbonyl (C=O) groups is 2. The highest BCUT2D eigenvalue weighted by Crippen LogP contribution is 2.11. The minimum absolute atomic E-state index is 0.0378. The van der Waals surface area contributed by atoms with Crippen LogP contribution in [0.1, 0.15) is 31.0 Å². The number of nitrogens with zero attached hydrogens (tertiary/aromatic N) is 1. The molecule has 0 saturated carbocycles. The summed E-state index contributed by atoms with van der Waals surface area (Å²) in [5, 5.41) is 2.88. The molecule has 0 fully saturated rings. The second-order valence-corrected chi connectivity index (χ2v) is 5.70. The van der Waals surface area contributed by atoms with Gasteiger partial charge in [0.2, 0.25) is 11.8 Å². The third-order valence-electron chi connectivity index (χ3n) is 3.74. The fourth-order valence-corrected chi connectivity index (χ4v) is 2.37. The van der Waals surface area contributed by atoms with Crippen LogP contribution in [0.3, 0.4) is 0 Å². The third-order valence-corrected chi connectivity index (χ3v) is 3.74. The van der Waals surface area contributed by atoms with E-state index in [1.54, 1.807) is 12.1 Å². The van der Waals surface area contributed by atoms with Crippen LogP contribution in [-0.2, 0) is 16.1 Å². The van der Waals surface area contributed by atoms with Crippen LogP contribution >= 0.6 is 0 Å². The first-order chi connectivity index (χ1) is 11.5. The Balaban J connectivity index is 1.95. The lowest BCUT2D eigenvalue weighted by atomic mass is 10.1. The van der Waals surface area contributed by atoms with E-state index in [9.17, 15) is 14.0 Å². The summed E-state index contributed by atoms with van der Waals surface area (Å²) in [6, 6.07) is 15.4. The number of amides is 2. The van der Waals surface area contributed by atoms with Gasteiger partial charge in [0, 0.05) is 13.5 Å². The summed E-state index contributed by atoms with van der Waals surface area (Å²) in [7, 11) is 0. The molecule has 24 heavy (non-hydrogen) atoms. The molecule has 0 heterocycles. The topological polar surface area (TPSA) is 49.4 Å². The van der Waals surface area contributed by atoms with Gasteiger partial charge in [0.25, 0.3) is 0 Å². The van der Waals surface area contributed by atoms with Crippen LogP contribution in [-0.4, -0.2) is 23.3 Å². The molecule has 1 atom stereocenters. The van der Waals surface area contributed by atoms with Crippen molar-refractivity contribution in [1.29, 1.82) is 0 Å². The average Bonchev–Trinajstić information content (AvgIpc) is 2.56. The van der Waals surface area contributed by atoms with Crippen molar-refractivity contribution in [3.05, 3.63) is 71.5 Å². The van der Waals surface area contributed by atoms with Crippen molar-refractivity contribution < 1.29 is 14.0 Å². The fourth-order valence-electron chi connectivity index (χ4n) is 2.37. The zero-order valence-electron chi connectivity index (χ0n) is 13.8. The third kappa shape index (κ3) is 5.19. The summed E-state index contributed by atoms with van der Waals surface area (Å²) in [6.07, 6.45) is 0. The SMILES string of the molecule is CC(=O)N(CC(=O)NC(C)c1ccccc1)Cc1ccc(F)cc1. The van der Waals surface area contributed by atoms with Crippen LogP contribution in [0, 0.1) is 5.82 Å². The lowest BCUT2D eigenvalue weighted by molar-refractivity contribution is -0.135. The van der Waals surface area contributed by atoms with E-state index < -0.39 is 0 Å². The highest BCUT2D eigenvalue weighted by molar-refractivity contribution is 5.84. The van der Waals surface area contributed by atoms with Gasteiger partial charge in [-0.1, -0.05) is 42.5 Å². The van der Waals surface area contributed by atoms with Gasteiger partial charge >= 0.3 is 0 Å². The number of halogens is 1. The Kier molecular flexibility index (Phi) is 6.07. The predicted molar refractivity (Wildman–Crippen MR) is 90.5 cm³/mol. The van der Waals surface area contributed by atoms with Gasteiger partial charge in [0.15, 0.2) is 0 Å². The molecule has 2 aromatic rings. The highest BCUT2D eigenvalue weighted by atomic mass is 19.1. The van der Waals surface area contributed by atoms with Crippen LogP contribution in [0.2, 0.25) is 0 Å². The molecule has 5 heteroatoms. The van der Waals surface area contributed by atoms with Crippen LogP contribution in [0.25, 0.3) is 0 Å². The summed E-state index contributed by atoms with van der Waals surface area (Å²) in [5.74, 6) is -0.770. The molecule has 126 valence electrons. The maximum Gasteiger partial charge on any atom is 0.240 e. The summed E-state index contributed by atoms with van der Waals surface area (Å²) in [4.78, 5) is 25.4. The fraction of sp³-hybridized carbons (Fsp3) is 0.263. The van der Waals surface area contributed by atoms with E-state index in [-0.39, 0.29) is 36.8 Å². The molecular weight excluding hydrogens is 307 g/mol. The standard InChI is InChI=1S/C19H21FN2O2/c1-14(17-6-4-3-5-7-17)21-19(24)13-22(15(2)23)12-16-8-10-18(20)11-9-16/h3-11,14H,12-13H2,1-2H3,(H,21,24). The largest absolute Gasteiger partial charge is 0.348 e. The predicted octanol–water partition coefficient (Wildman–Crippen LogP) is 3.05. The number of carbonyl (C=O) groups excluding carboxylic acids is 2. The second-order valence-electron chi connectivity index (χ2n) is 5.70. The lowest BCUT2D eigenvalue weighted by Crippen LogP contribution is -2.40. The number of nitrogens with one attached hydrogen (secondary N) is 1. The summed E-state index contributed by atoms with van der Waals surface area (Å²) in [5.41, 5.74) is 1.77. The van der Waals surface area contributed by atoms with E-state index in [0.717, 1.165) is 11.1 Å². The molecule has 0 spiro atoms. The molecule has 2 aromatic carbocycles. The van der Waals surface area contributed by atoms with Crippen LogP contribution in [0.15, 0.2) is 54.6 Å². The Hall–Kier alpha value is -2.69. The van der Waals surface area contributed by atoms with E-state index in [1.165, 1.54) is 24.0 Å². The Morgan fingerprint density at radius 3 is 2.29 bits per heavy atom. The van der Waals surface area contributed by atoms with Gasteiger partial charge in [-0.15, -0.1) is 0 Å². The first-order valence-corrected chi connectivity index (χ1v) is 7.80. The van der Waals surface area contributed by atoms with Gasteiger partial charge in [-0.05, 0) is 30.2 Å². The average molecular weight is 328 g/mol. The Bertz CT molecular complexity index is 686. The van der Waals surface area contributed by atoms with Gasteiger partial charge in [0.05, 0.1) is 12.6 Å². The summed E-state index contributed by atoms with van der Waals surface area (Å²) in [6.45, 7) is 3.54. The number of hydrogen-bond acceptors (Lipinski definition) is 2. The van der Waals surface area contributed by atoms with E-state index >= 15 is 0 Å². The molecule has 0 aromatic heterocycles. The van der Waals surface area contributed by atoms with Gasteiger partial charge in [-0.3, -0.25) is 9.59 Å². The van der Waals surface area contributed by atoms with E-state index in [2.05, 4.69) is 5.32 Å². The lowest BCUT2D eigenvalue weighted by Gasteiger charge is -2.22. The Morgan fingerprint density at radius 1 is 1.08 bits per heavy atom. The molecule has 0 bridgehead atoms. The van der Waals surface area contributed by atoms with Crippen molar-refractivity contribution in [2.45, 2.75) is 26.4 Å².